The number of nitrogens with one attached hydrogen (secondary N) is 1. The van der Waals surface area contributed by atoms with Crippen LogP contribution < -0.4 is 14.8 Å². The van der Waals surface area contributed by atoms with Gasteiger partial charge in [0.25, 0.3) is 0 Å². The van der Waals surface area contributed by atoms with Crippen LogP contribution in [0.2, 0.25) is 0 Å². The van der Waals surface area contributed by atoms with E-state index in [1.807, 2.05) is 0 Å². The summed E-state index contributed by atoms with van der Waals surface area (Å²) in [5.74, 6) is 0.880. The van der Waals surface area contributed by atoms with Crippen LogP contribution >= 0.6 is 0 Å². The Bertz CT molecular complexity index is 819. The van der Waals surface area contributed by atoms with E-state index >= 15 is 0 Å². The van der Waals surface area contributed by atoms with Crippen molar-refractivity contribution in [3.63, 3.8) is 0 Å². The summed E-state index contributed by atoms with van der Waals surface area (Å²) in [4.78, 5) is 38.9. The third-order valence-corrected chi connectivity index (χ3v) is 6.03. The topological polar surface area (TPSA) is 84.9 Å². The number of rotatable bonds is 7. The number of benzene rings is 1. The van der Waals surface area contributed by atoms with E-state index in [0.717, 1.165) is 6.42 Å². The first-order chi connectivity index (χ1) is 13.5. The molecule has 7 nitrogen and oxygen atoms in total. The summed E-state index contributed by atoms with van der Waals surface area (Å²) in [7, 11) is 3.08. The molecule has 1 heterocycles. The largest absolute Gasteiger partial charge is 0.497 e. The second kappa shape index (κ2) is 7.30. The number of carbonyl (C=O) groups excluding carboxylic acids is 3. The summed E-state index contributed by atoms with van der Waals surface area (Å²) in [5, 5.41) is 2.81. The summed E-state index contributed by atoms with van der Waals surface area (Å²) in [5.41, 5.74) is 0.554. The summed E-state index contributed by atoms with van der Waals surface area (Å²) in [6, 6.07) is 5.14. The van der Waals surface area contributed by atoms with Crippen LogP contribution in [0.15, 0.2) is 30.4 Å². The van der Waals surface area contributed by atoms with E-state index in [0.29, 0.717) is 23.6 Å². The van der Waals surface area contributed by atoms with Gasteiger partial charge in [0.05, 0.1) is 31.7 Å². The van der Waals surface area contributed by atoms with E-state index < -0.39 is 0 Å². The lowest BCUT2D eigenvalue weighted by Crippen LogP contribution is -2.34. The number of methoxy groups -OCH3 is 2. The number of hydrogen-bond donors (Lipinski definition) is 1. The Kier molecular flexibility index (Phi) is 4.83. The maximum Gasteiger partial charge on any atom is 0.233 e. The first-order valence-electron chi connectivity index (χ1n) is 9.59. The molecule has 4 rings (SSSR count). The molecule has 7 heteroatoms. The highest BCUT2D eigenvalue weighted by molar-refractivity contribution is 6.06. The van der Waals surface area contributed by atoms with Crippen molar-refractivity contribution in [2.75, 3.05) is 26.1 Å². The van der Waals surface area contributed by atoms with Crippen molar-refractivity contribution in [3.05, 3.63) is 30.4 Å². The number of carbonyl (C=O) groups is 3. The molecule has 148 valence electrons. The van der Waals surface area contributed by atoms with Crippen LogP contribution in [0.4, 0.5) is 5.69 Å². The van der Waals surface area contributed by atoms with E-state index in [1.54, 1.807) is 25.3 Å². The molecular formula is C21H24N2O5. The molecule has 1 aliphatic heterocycles. The fraction of sp³-hybridized carbons (Fsp3) is 0.476. The van der Waals surface area contributed by atoms with Gasteiger partial charge in [0.15, 0.2) is 0 Å². The van der Waals surface area contributed by atoms with Gasteiger partial charge in [-0.2, -0.15) is 0 Å². The van der Waals surface area contributed by atoms with Crippen LogP contribution in [0.25, 0.3) is 0 Å². The quantitative estimate of drug-likeness (QED) is 0.576. The Labute approximate surface area is 163 Å². The number of amides is 3. The molecule has 3 aliphatic rings. The Morgan fingerprint density at radius 2 is 1.79 bits per heavy atom. The summed E-state index contributed by atoms with van der Waals surface area (Å²) < 4.78 is 10.4. The van der Waals surface area contributed by atoms with Gasteiger partial charge in [0.1, 0.15) is 11.5 Å². The van der Waals surface area contributed by atoms with Crippen molar-refractivity contribution in [3.8, 4) is 11.5 Å². The molecule has 2 bridgehead atoms. The molecule has 0 radical (unpaired) electrons. The zero-order valence-electron chi connectivity index (χ0n) is 16.0. The van der Waals surface area contributed by atoms with Crippen LogP contribution in [-0.2, 0) is 14.4 Å². The van der Waals surface area contributed by atoms with E-state index in [-0.39, 0.29) is 54.4 Å². The average Bonchev–Trinajstić information content (AvgIpc) is 3.38. The van der Waals surface area contributed by atoms with Gasteiger partial charge in [-0.1, -0.05) is 12.2 Å². The van der Waals surface area contributed by atoms with Gasteiger partial charge < -0.3 is 14.8 Å². The predicted octanol–water partition coefficient (Wildman–Crippen LogP) is 2.23. The first kappa shape index (κ1) is 18.5. The molecule has 28 heavy (non-hydrogen) atoms. The fourth-order valence-electron chi connectivity index (χ4n) is 4.70. The van der Waals surface area contributed by atoms with E-state index in [1.165, 1.54) is 12.0 Å². The lowest BCUT2D eigenvalue weighted by molar-refractivity contribution is -0.141. The van der Waals surface area contributed by atoms with Gasteiger partial charge >= 0.3 is 0 Å². The third-order valence-electron chi connectivity index (χ3n) is 6.03. The fourth-order valence-corrected chi connectivity index (χ4v) is 4.70. The van der Waals surface area contributed by atoms with Gasteiger partial charge in [0.2, 0.25) is 17.7 Å². The van der Waals surface area contributed by atoms with Gasteiger partial charge in [-0.15, -0.1) is 0 Å². The second-order valence-corrected chi connectivity index (χ2v) is 7.55. The maximum absolute atomic E-state index is 12.6. The number of hydrogen-bond acceptors (Lipinski definition) is 5. The van der Waals surface area contributed by atoms with Crippen molar-refractivity contribution in [2.45, 2.75) is 19.3 Å². The number of imide groups is 1. The molecule has 4 atom stereocenters. The Morgan fingerprint density at radius 3 is 2.39 bits per heavy atom. The van der Waals surface area contributed by atoms with Crippen LogP contribution in [0.1, 0.15) is 19.3 Å². The molecule has 3 amide bonds. The third kappa shape index (κ3) is 3.04. The minimum Gasteiger partial charge on any atom is -0.497 e. The SMILES string of the molecule is COc1ccc(NC(=O)CCCN2C(=O)[C@H]3[C@H](C2=O)[C@H]2C=C[C@H]3C2)c(OC)c1. The Balaban J connectivity index is 1.31. The predicted molar refractivity (Wildman–Crippen MR) is 102 cm³/mol. The molecule has 0 unspecified atom stereocenters. The van der Waals surface area contributed by atoms with Gasteiger partial charge in [-0.3, -0.25) is 19.3 Å². The number of likely N-dealkylation sites (tertiary alicyclic amines) is 1. The lowest BCUT2D eigenvalue weighted by atomic mass is 9.85. The van der Waals surface area contributed by atoms with Crippen molar-refractivity contribution in [1.29, 1.82) is 0 Å². The zero-order valence-corrected chi connectivity index (χ0v) is 16.0. The molecule has 1 saturated heterocycles. The molecule has 2 fully saturated rings. The molecule has 2 aliphatic carbocycles. The smallest absolute Gasteiger partial charge is 0.233 e. The van der Waals surface area contributed by atoms with Gasteiger partial charge in [-0.25, -0.2) is 0 Å². The number of nitrogens with zero attached hydrogens (tertiary/aromatic N) is 1. The summed E-state index contributed by atoms with van der Waals surface area (Å²) in [6.45, 7) is 0.289. The van der Waals surface area contributed by atoms with Crippen molar-refractivity contribution < 1.29 is 23.9 Å². The van der Waals surface area contributed by atoms with Crippen LogP contribution in [-0.4, -0.2) is 43.4 Å². The van der Waals surface area contributed by atoms with Gasteiger partial charge in [-0.05, 0) is 36.8 Å². The summed E-state index contributed by atoms with van der Waals surface area (Å²) in [6.07, 6.45) is 5.73. The average molecular weight is 384 g/mol. The molecule has 0 spiro atoms. The number of ether oxygens (including phenoxy) is 2. The first-order valence-corrected chi connectivity index (χ1v) is 9.59. The van der Waals surface area contributed by atoms with E-state index in [9.17, 15) is 14.4 Å². The minimum absolute atomic E-state index is 0.0657. The van der Waals surface area contributed by atoms with Crippen LogP contribution in [0.5, 0.6) is 11.5 Å². The van der Waals surface area contributed by atoms with E-state index in [2.05, 4.69) is 17.5 Å². The Morgan fingerprint density at radius 1 is 1.11 bits per heavy atom. The highest BCUT2D eigenvalue weighted by atomic mass is 16.5. The monoisotopic (exact) mass is 384 g/mol. The highest BCUT2D eigenvalue weighted by Crippen LogP contribution is 2.52. The molecule has 1 N–H and O–H groups in total. The van der Waals surface area contributed by atoms with Crippen molar-refractivity contribution in [1.82, 2.24) is 4.90 Å². The van der Waals surface area contributed by atoms with E-state index in [4.69, 9.17) is 9.47 Å². The van der Waals surface area contributed by atoms with Crippen molar-refractivity contribution >= 4 is 23.4 Å². The Hall–Kier alpha value is -2.83. The normalized spacial score (nSPS) is 27.3. The van der Waals surface area contributed by atoms with Crippen LogP contribution in [0, 0.1) is 23.7 Å². The van der Waals surface area contributed by atoms with Crippen molar-refractivity contribution in [2.24, 2.45) is 23.7 Å². The molecule has 1 aromatic rings. The standard InChI is InChI=1S/C21H24N2O5/c1-27-14-7-8-15(16(11-14)28-2)22-17(24)4-3-9-23-20(25)18-12-5-6-13(10-12)19(18)21(23)26/h5-8,11-13,18-19H,3-4,9-10H2,1-2H3,(H,22,24)/t12-,13-,18+,19+/m0/s1. The molecular weight excluding hydrogens is 360 g/mol. The second-order valence-electron chi connectivity index (χ2n) is 7.55. The molecule has 1 aromatic carbocycles. The number of anilines is 1. The minimum atomic E-state index is -0.190. The lowest BCUT2D eigenvalue weighted by Gasteiger charge is -2.17. The number of fused-ring (bicyclic) bond motifs is 5. The van der Waals surface area contributed by atoms with Gasteiger partial charge in [0, 0.05) is 19.0 Å². The van der Waals surface area contributed by atoms with Crippen LogP contribution in [0.3, 0.4) is 0 Å². The molecule has 0 aromatic heterocycles. The summed E-state index contributed by atoms with van der Waals surface area (Å²) >= 11 is 0. The molecule has 1 saturated carbocycles. The highest BCUT2D eigenvalue weighted by Gasteiger charge is 2.58. The zero-order chi connectivity index (χ0) is 19.8. The number of allylic oxidation sites excluding steroid dienone is 2. The maximum atomic E-state index is 12.6.